The lowest BCUT2D eigenvalue weighted by Gasteiger charge is -2.12. The molecule has 1 heterocycles. The van der Waals surface area contributed by atoms with Crippen LogP contribution in [0.4, 0.5) is 0 Å². The first-order valence-electron chi connectivity index (χ1n) is 7.57. The first-order chi connectivity index (χ1) is 12.0. The van der Waals surface area contributed by atoms with E-state index < -0.39 is 12.1 Å². The third kappa shape index (κ3) is 3.51. The van der Waals surface area contributed by atoms with E-state index >= 15 is 0 Å². The van der Waals surface area contributed by atoms with E-state index in [-0.39, 0.29) is 11.5 Å². The van der Waals surface area contributed by atoms with Crippen LogP contribution < -0.4 is 9.47 Å². The van der Waals surface area contributed by atoms with Crippen LogP contribution in [0.15, 0.2) is 48.2 Å². The maximum atomic E-state index is 12.4. The molecule has 3 rings (SSSR count). The number of ketones is 1. The summed E-state index contributed by atoms with van der Waals surface area (Å²) in [7, 11) is 1.29. The summed E-state index contributed by atoms with van der Waals surface area (Å²) in [6.45, 7) is 1.58. The molecule has 0 bridgehead atoms. The van der Waals surface area contributed by atoms with Gasteiger partial charge in [-0.2, -0.15) is 0 Å². The van der Waals surface area contributed by atoms with E-state index in [0.29, 0.717) is 27.6 Å². The molecule has 1 aliphatic heterocycles. The predicted octanol–water partition coefficient (Wildman–Crippen LogP) is 3.90. The first kappa shape index (κ1) is 17.0. The summed E-state index contributed by atoms with van der Waals surface area (Å²) in [6, 6.07) is 11.9. The lowest BCUT2D eigenvalue weighted by molar-refractivity contribution is -0.147. The van der Waals surface area contributed by atoms with E-state index in [9.17, 15) is 9.59 Å². The minimum atomic E-state index is -0.765. The summed E-state index contributed by atoms with van der Waals surface area (Å²) in [5, 5.41) is 0.526. The van der Waals surface area contributed by atoms with Gasteiger partial charge < -0.3 is 14.2 Å². The zero-order valence-corrected chi connectivity index (χ0v) is 14.4. The van der Waals surface area contributed by atoms with E-state index in [2.05, 4.69) is 4.74 Å². The Labute approximate surface area is 149 Å². The Morgan fingerprint density at radius 3 is 2.72 bits per heavy atom. The molecule has 0 saturated heterocycles. The molecule has 1 aliphatic rings. The summed E-state index contributed by atoms with van der Waals surface area (Å²) in [6.07, 6.45) is 0.834. The molecule has 1 atom stereocenters. The second-order valence-corrected chi connectivity index (χ2v) is 5.81. The number of allylic oxidation sites excluding steroid dienone is 1. The highest BCUT2D eigenvalue weighted by Gasteiger charge is 2.28. The van der Waals surface area contributed by atoms with Gasteiger partial charge in [0.15, 0.2) is 11.9 Å². The fourth-order valence-corrected chi connectivity index (χ4v) is 2.58. The van der Waals surface area contributed by atoms with Gasteiger partial charge in [-0.05, 0) is 36.8 Å². The van der Waals surface area contributed by atoms with Crippen molar-refractivity contribution in [1.29, 1.82) is 0 Å². The number of fused-ring (bicyclic) bond motifs is 1. The molecule has 0 saturated carbocycles. The Kier molecular flexibility index (Phi) is 4.76. The number of benzene rings is 2. The fraction of sp³-hybridized carbons (Fsp3) is 0.158. The van der Waals surface area contributed by atoms with E-state index in [0.717, 1.165) is 0 Å². The van der Waals surface area contributed by atoms with Gasteiger partial charge in [0.05, 0.1) is 12.7 Å². The van der Waals surface area contributed by atoms with E-state index in [1.54, 1.807) is 43.3 Å². The molecule has 0 N–H and O–H groups in total. The minimum Gasteiger partial charge on any atom is -0.479 e. The quantitative estimate of drug-likeness (QED) is 0.612. The summed E-state index contributed by atoms with van der Waals surface area (Å²) < 4.78 is 15.8. The molecular formula is C19H15ClO5. The molecule has 5 nitrogen and oxygen atoms in total. The number of carbonyl (C=O) groups excluding carboxylic acids is 2. The van der Waals surface area contributed by atoms with Crippen LogP contribution >= 0.6 is 11.6 Å². The number of hydrogen-bond donors (Lipinski definition) is 0. The van der Waals surface area contributed by atoms with Crippen LogP contribution in [0.2, 0.25) is 5.02 Å². The van der Waals surface area contributed by atoms with Crippen LogP contribution in [0.3, 0.4) is 0 Å². The lowest BCUT2D eigenvalue weighted by atomic mass is 10.1. The van der Waals surface area contributed by atoms with Crippen molar-refractivity contribution in [2.24, 2.45) is 0 Å². The van der Waals surface area contributed by atoms with Crippen molar-refractivity contribution in [3.8, 4) is 11.5 Å². The maximum absolute atomic E-state index is 12.4. The van der Waals surface area contributed by atoms with Crippen LogP contribution in [0.5, 0.6) is 11.5 Å². The zero-order valence-electron chi connectivity index (χ0n) is 13.6. The van der Waals surface area contributed by atoms with Crippen molar-refractivity contribution in [2.75, 3.05) is 7.11 Å². The number of hydrogen-bond acceptors (Lipinski definition) is 5. The van der Waals surface area contributed by atoms with Crippen LogP contribution in [-0.2, 0) is 9.53 Å². The molecule has 0 unspecified atom stereocenters. The molecule has 2 aromatic rings. The number of rotatable bonds is 4. The summed E-state index contributed by atoms with van der Waals surface area (Å²) in [5.74, 6) is 0.238. The van der Waals surface area contributed by atoms with Crippen molar-refractivity contribution in [1.82, 2.24) is 0 Å². The third-order valence-corrected chi connectivity index (χ3v) is 4.02. The molecule has 0 aromatic heterocycles. The normalized spacial score (nSPS) is 15.5. The predicted molar refractivity (Wildman–Crippen MR) is 92.9 cm³/mol. The molecule has 0 radical (unpaired) electrons. The molecule has 25 heavy (non-hydrogen) atoms. The molecule has 0 aliphatic carbocycles. The van der Waals surface area contributed by atoms with Crippen LogP contribution in [-0.4, -0.2) is 25.0 Å². The highest BCUT2D eigenvalue weighted by Crippen LogP contribution is 2.35. The van der Waals surface area contributed by atoms with Crippen LogP contribution in [0.25, 0.3) is 6.08 Å². The van der Waals surface area contributed by atoms with Gasteiger partial charge in [0, 0.05) is 11.1 Å². The highest BCUT2D eigenvalue weighted by atomic mass is 35.5. The topological polar surface area (TPSA) is 61.8 Å². The van der Waals surface area contributed by atoms with Gasteiger partial charge in [-0.1, -0.05) is 29.8 Å². The maximum Gasteiger partial charge on any atom is 0.346 e. The molecule has 6 heteroatoms. The highest BCUT2D eigenvalue weighted by molar-refractivity contribution is 6.32. The van der Waals surface area contributed by atoms with Gasteiger partial charge in [-0.25, -0.2) is 4.79 Å². The molecule has 0 amide bonds. The lowest BCUT2D eigenvalue weighted by Crippen LogP contribution is -2.24. The van der Waals surface area contributed by atoms with Crippen molar-refractivity contribution < 1.29 is 23.8 Å². The standard InChI is InChI=1S/C19H15ClO5/c1-11(19(22)23-2)24-13-7-8-14-16(10-13)25-17(18(14)21)9-12-5-3-4-6-15(12)20/h3-11H,1-2H3/t11-/m1/s1. The second-order valence-electron chi connectivity index (χ2n) is 5.40. The zero-order chi connectivity index (χ0) is 18.0. The van der Waals surface area contributed by atoms with Crippen molar-refractivity contribution >= 4 is 29.4 Å². The Morgan fingerprint density at radius 1 is 1.24 bits per heavy atom. The van der Waals surface area contributed by atoms with Crippen molar-refractivity contribution in [3.63, 3.8) is 0 Å². The average Bonchev–Trinajstić information content (AvgIpc) is 2.91. The Bertz CT molecular complexity index is 872. The van der Waals surface area contributed by atoms with E-state index in [4.69, 9.17) is 21.1 Å². The average molecular weight is 359 g/mol. The number of ether oxygens (including phenoxy) is 3. The Hall–Kier alpha value is -2.79. The molecule has 2 aromatic carbocycles. The monoisotopic (exact) mass is 358 g/mol. The number of methoxy groups -OCH3 is 1. The minimum absolute atomic E-state index is 0.182. The SMILES string of the molecule is COC(=O)[C@@H](C)Oc1ccc2c(c1)OC(=Cc1ccccc1Cl)C2=O. The number of carbonyl (C=O) groups is 2. The second kappa shape index (κ2) is 6.99. The van der Waals surface area contributed by atoms with Crippen LogP contribution in [0.1, 0.15) is 22.8 Å². The number of halogens is 1. The van der Waals surface area contributed by atoms with Gasteiger partial charge in [0.2, 0.25) is 5.78 Å². The van der Waals surface area contributed by atoms with Crippen molar-refractivity contribution in [3.05, 3.63) is 64.4 Å². The number of esters is 1. The van der Waals surface area contributed by atoms with Gasteiger partial charge in [0.1, 0.15) is 11.5 Å². The largest absolute Gasteiger partial charge is 0.479 e. The molecule has 128 valence electrons. The van der Waals surface area contributed by atoms with E-state index in [1.165, 1.54) is 7.11 Å². The Morgan fingerprint density at radius 2 is 2.00 bits per heavy atom. The summed E-state index contributed by atoms with van der Waals surface area (Å²) in [4.78, 5) is 23.9. The summed E-state index contributed by atoms with van der Waals surface area (Å²) in [5.41, 5.74) is 1.12. The summed E-state index contributed by atoms with van der Waals surface area (Å²) >= 11 is 6.11. The molecule has 0 fully saturated rings. The fourth-order valence-electron chi connectivity index (χ4n) is 2.39. The van der Waals surface area contributed by atoms with Crippen molar-refractivity contribution in [2.45, 2.75) is 13.0 Å². The van der Waals surface area contributed by atoms with Gasteiger partial charge >= 0.3 is 5.97 Å². The van der Waals surface area contributed by atoms with Gasteiger partial charge in [0.25, 0.3) is 0 Å². The Balaban J connectivity index is 1.84. The van der Waals surface area contributed by atoms with Gasteiger partial charge in [-0.15, -0.1) is 0 Å². The molecule has 0 spiro atoms. The smallest absolute Gasteiger partial charge is 0.346 e. The third-order valence-electron chi connectivity index (χ3n) is 3.68. The molecular weight excluding hydrogens is 344 g/mol. The first-order valence-corrected chi connectivity index (χ1v) is 7.94. The van der Waals surface area contributed by atoms with Gasteiger partial charge in [-0.3, -0.25) is 4.79 Å². The van der Waals surface area contributed by atoms with E-state index in [1.807, 2.05) is 12.1 Å². The van der Waals surface area contributed by atoms with Crippen LogP contribution in [0, 0.1) is 0 Å². The number of Topliss-reactive ketones (excluding diaryl/α,β-unsaturated/α-hetero) is 1.